The van der Waals surface area contributed by atoms with Gasteiger partial charge in [-0.05, 0) is 31.1 Å². The number of piperidine rings is 1. The van der Waals surface area contributed by atoms with Crippen LogP contribution in [-0.2, 0) is 0 Å². The molecule has 15 heavy (non-hydrogen) atoms. The topological polar surface area (TPSA) is 32.3 Å². The van der Waals surface area contributed by atoms with Crippen molar-refractivity contribution >= 4 is 6.03 Å². The fourth-order valence-electron chi connectivity index (χ4n) is 1.69. The number of hydrogen-bond donors (Lipinski definition) is 1. The van der Waals surface area contributed by atoms with E-state index in [1.54, 1.807) is 0 Å². The fraction of sp³-hybridized carbons (Fsp3) is 0.917. The molecule has 3 nitrogen and oxygen atoms in total. The lowest BCUT2D eigenvalue weighted by Gasteiger charge is -2.27. The van der Waals surface area contributed by atoms with E-state index in [2.05, 4.69) is 26.1 Å². The third-order valence-corrected chi connectivity index (χ3v) is 3.36. The molecule has 0 aromatic carbocycles. The van der Waals surface area contributed by atoms with Crippen molar-refractivity contribution in [3.8, 4) is 0 Å². The van der Waals surface area contributed by atoms with Crippen LogP contribution in [-0.4, -0.2) is 30.6 Å². The number of rotatable bonds is 3. The predicted octanol–water partition coefficient (Wildman–Crippen LogP) is 2.47. The minimum atomic E-state index is 0.127. The summed E-state index contributed by atoms with van der Waals surface area (Å²) in [6.45, 7) is 9.23. The van der Waals surface area contributed by atoms with Gasteiger partial charge in [0.2, 0.25) is 0 Å². The second-order valence-electron chi connectivity index (χ2n) is 4.96. The van der Waals surface area contributed by atoms with Crippen molar-refractivity contribution in [3.63, 3.8) is 0 Å². The average molecular weight is 212 g/mol. The van der Waals surface area contributed by atoms with Crippen molar-refractivity contribution in [3.05, 3.63) is 0 Å². The summed E-state index contributed by atoms with van der Waals surface area (Å²) in [5, 5.41) is 3.02. The Morgan fingerprint density at radius 1 is 1.20 bits per heavy atom. The molecule has 0 bridgehead atoms. The molecule has 1 rings (SSSR count). The maximum Gasteiger partial charge on any atom is 0.317 e. The van der Waals surface area contributed by atoms with E-state index in [-0.39, 0.29) is 6.03 Å². The van der Waals surface area contributed by atoms with Gasteiger partial charge in [0.1, 0.15) is 0 Å². The fourth-order valence-corrected chi connectivity index (χ4v) is 1.69. The minimum absolute atomic E-state index is 0.127. The highest BCUT2D eigenvalue weighted by Gasteiger charge is 2.17. The number of carbonyl (C=O) groups is 1. The lowest BCUT2D eigenvalue weighted by atomic mass is 9.98. The number of nitrogens with one attached hydrogen (secondary N) is 1. The summed E-state index contributed by atoms with van der Waals surface area (Å²) in [7, 11) is 0. The average Bonchev–Trinajstić information content (AvgIpc) is 2.26. The van der Waals surface area contributed by atoms with E-state index in [4.69, 9.17) is 0 Å². The van der Waals surface area contributed by atoms with Crippen molar-refractivity contribution in [1.29, 1.82) is 0 Å². The Bertz CT molecular complexity index is 198. The summed E-state index contributed by atoms with van der Waals surface area (Å²) in [6.07, 6.45) is 3.59. The van der Waals surface area contributed by atoms with Gasteiger partial charge >= 0.3 is 6.03 Å². The standard InChI is InChI=1S/C12H24N2O/c1-10(2)11(3)9-13-12(15)14-7-5-4-6-8-14/h10-11H,4-9H2,1-3H3,(H,13,15). The van der Waals surface area contributed by atoms with Crippen LogP contribution >= 0.6 is 0 Å². The number of carbonyl (C=O) groups excluding carboxylic acids is 1. The van der Waals surface area contributed by atoms with Crippen LogP contribution in [0.4, 0.5) is 4.79 Å². The maximum absolute atomic E-state index is 11.7. The van der Waals surface area contributed by atoms with Crippen LogP contribution in [0.2, 0.25) is 0 Å². The highest BCUT2D eigenvalue weighted by atomic mass is 16.2. The van der Waals surface area contributed by atoms with Crippen molar-refractivity contribution in [2.24, 2.45) is 11.8 Å². The molecule has 1 aliphatic heterocycles. The van der Waals surface area contributed by atoms with Crippen LogP contribution in [0, 0.1) is 11.8 Å². The molecular formula is C12H24N2O. The summed E-state index contributed by atoms with van der Waals surface area (Å²) in [5.74, 6) is 1.19. The smallest absolute Gasteiger partial charge is 0.317 e. The zero-order valence-electron chi connectivity index (χ0n) is 10.3. The number of urea groups is 1. The number of likely N-dealkylation sites (tertiary alicyclic amines) is 1. The van der Waals surface area contributed by atoms with E-state index in [0.29, 0.717) is 11.8 Å². The molecular weight excluding hydrogens is 188 g/mol. The summed E-state index contributed by atoms with van der Waals surface area (Å²) >= 11 is 0. The van der Waals surface area contributed by atoms with Gasteiger partial charge < -0.3 is 10.2 Å². The highest BCUT2D eigenvalue weighted by molar-refractivity contribution is 5.74. The van der Waals surface area contributed by atoms with Gasteiger partial charge in [0.15, 0.2) is 0 Å². The van der Waals surface area contributed by atoms with Crippen molar-refractivity contribution in [2.45, 2.75) is 40.0 Å². The zero-order chi connectivity index (χ0) is 11.3. The molecule has 0 spiro atoms. The summed E-state index contributed by atoms with van der Waals surface area (Å²) in [4.78, 5) is 13.7. The first-order valence-electron chi connectivity index (χ1n) is 6.14. The van der Waals surface area contributed by atoms with Crippen molar-refractivity contribution in [1.82, 2.24) is 10.2 Å². The second kappa shape index (κ2) is 5.99. The van der Waals surface area contributed by atoms with E-state index < -0.39 is 0 Å². The van der Waals surface area contributed by atoms with Gasteiger partial charge in [0.25, 0.3) is 0 Å². The molecule has 1 heterocycles. The van der Waals surface area contributed by atoms with Gasteiger partial charge in [-0.3, -0.25) is 0 Å². The van der Waals surface area contributed by atoms with Crippen LogP contribution in [0.3, 0.4) is 0 Å². The van der Waals surface area contributed by atoms with Gasteiger partial charge in [0, 0.05) is 19.6 Å². The van der Waals surface area contributed by atoms with Crippen LogP contribution in [0.15, 0.2) is 0 Å². The molecule has 0 aliphatic carbocycles. The Labute approximate surface area is 93.2 Å². The van der Waals surface area contributed by atoms with Gasteiger partial charge in [-0.2, -0.15) is 0 Å². The van der Waals surface area contributed by atoms with Crippen LogP contribution in [0.1, 0.15) is 40.0 Å². The molecule has 1 atom stereocenters. The molecule has 88 valence electrons. The first-order chi connectivity index (χ1) is 7.11. The zero-order valence-corrected chi connectivity index (χ0v) is 10.3. The molecule has 1 saturated heterocycles. The molecule has 3 heteroatoms. The number of nitrogens with zero attached hydrogens (tertiary/aromatic N) is 1. The summed E-state index contributed by atoms with van der Waals surface area (Å²) in [6, 6.07) is 0.127. The molecule has 1 fully saturated rings. The van der Waals surface area contributed by atoms with Crippen molar-refractivity contribution in [2.75, 3.05) is 19.6 Å². The molecule has 0 aromatic rings. The second-order valence-corrected chi connectivity index (χ2v) is 4.96. The first-order valence-corrected chi connectivity index (χ1v) is 6.14. The molecule has 0 radical (unpaired) electrons. The molecule has 2 amide bonds. The van der Waals surface area contributed by atoms with Crippen LogP contribution < -0.4 is 5.32 Å². The van der Waals surface area contributed by atoms with Gasteiger partial charge in [-0.1, -0.05) is 20.8 Å². The number of amides is 2. The Hall–Kier alpha value is -0.730. The third kappa shape index (κ3) is 4.10. The van der Waals surface area contributed by atoms with Crippen LogP contribution in [0.5, 0.6) is 0 Å². The number of hydrogen-bond acceptors (Lipinski definition) is 1. The van der Waals surface area contributed by atoms with Crippen molar-refractivity contribution < 1.29 is 4.79 Å². The summed E-state index contributed by atoms with van der Waals surface area (Å²) < 4.78 is 0. The molecule has 1 unspecified atom stereocenters. The van der Waals surface area contributed by atoms with E-state index in [9.17, 15) is 4.79 Å². The molecule has 1 aliphatic rings. The third-order valence-electron chi connectivity index (χ3n) is 3.36. The Morgan fingerprint density at radius 2 is 1.80 bits per heavy atom. The lowest BCUT2D eigenvalue weighted by molar-refractivity contribution is 0.183. The van der Waals surface area contributed by atoms with E-state index in [0.717, 1.165) is 32.5 Å². The molecule has 1 N–H and O–H groups in total. The predicted molar refractivity (Wildman–Crippen MR) is 62.8 cm³/mol. The Morgan fingerprint density at radius 3 is 2.33 bits per heavy atom. The lowest BCUT2D eigenvalue weighted by Crippen LogP contribution is -2.44. The largest absolute Gasteiger partial charge is 0.338 e. The minimum Gasteiger partial charge on any atom is -0.338 e. The monoisotopic (exact) mass is 212 g/mol. The summed E-state index contributed by atoms with van der Waals surface area (Å²) in [5.41, 5.74) is 0. The quantitative estimate of drug-likeness (QED) is 0.766. The maximum atomic E-state index is 11.7. The highest BCUT2D eigenvalue weighted by Crippen LogP contribution is 2.10. The van der Waals surface area contributed by atoms with Gasteiger partial charge in [-0.15, -0.1) is 0 Å². The molecule has 0 saturated carbocycles. The van der Waals surface area contributed by atoms with Crippen LogP contribution in [0.25, 0.3) is 0 Å². The van der Waals surface area contributed by atoms with E-state index in [1.807, 2.05) is 4.90 Å². The first kappa shape index (κ1) is 12.3. The van der Waals surface area contributed by atoms with Gasteiger partial charge in [-0.25, -0.2) is 4.79 Å². The van der Waals surface area contributed by atoms with E-state index in [1.165, 1.54) is 6.42 Å². The Balaban J connectivity index is 2.22. The van der Waals surface area contributed by atoms with E-state index >= 15 is 0 Å². The Kier molecular flexibility index (Phi) is 4.92. The normalized spacial score (nSPS) is 19.1. The van der Waals surface area contributed by atoms with Gasteiger partial charge in [0.05, 0.1) is 0 Å². The SMILES string of the molecule is CC(C)C(C)CNC(=O)N1CCCCC1. The molecule has 0 aromatic heterocycles.